The van der Waals surface area contributed by atoms with Crippen LogP contribution in [0, 0.1) is 0 Å². The minimum atomic E-state index is -0.526. The highest BCUT2D eigenvalue weighted by Gasteiger charge is 2.49. The van der Waals surface area contributed by atoms with E-state index in [9.17, 15) is 0 Å². The monoisotopic (exact) mass is 504 g/mol. The van der Waals surface area contributed by atoms with Crippen molar-refractivity contribution in [1.82, 2.24) is 0 Å². The summed E-state index contributed by atoms with van der Waals surface area (Å²) in [5.74, 6) is 1.54. The predicted molar refractivity (Wildman–Crippen MR) is 160 cm³/mol. The first kappa shape index (κ1) is 23.3. The Morgan fingerprint density at radius 2 is 1.26 bits per heavy atom. The van der Waals surface area contributed by atoms with Crippen LogP contribution >= 0.6 is 0 Å². The number of benzene rings is 5. The first-order chi connectivity index (χ1) is 19.3. The van der Waals surface area contributed by atoms with Gasteiger partial charge >= 0.3 is 0 Å². The van der Waals surface area contributed by atoms with Crippen LogP contribution in [0.25, 0.3) is 28.0 Å². The average molecular weight is 505 g/mol. The molecule has 0 N–H and O–H groups in total. The first-order valence-electron chi connectivity index (χ1n) is 13.4. The summed E-state index contributed by atoms with van der Waals surface area (Å²) in [4.78, 5) is 0. The zero-order valence-corrected chi connectivity index (χ0v) is 21.7. The molecule has 2 heteroatoms. The number of hydrogen-bond donors (Lipinski definition) is 0. The minimum Gasteiger partial charge on any atom is -0.466 e. The molecule has 7 rings (SSSR count). The summed E-state index contributed by atoms with van der Waals surface area (Å²) in [7, 11) is 0. The lowest BCUT2D eigenvalue weighted by molar-refractivity contribution is 0.482. The van der Waals surface area contributed by atoms with Crippen LogP contribution in [0.1, 0.15) is 39.8 Å². The van der Waals surface area contributed by atoms with Crippen molar-refractivity contribution in [3.8, 4) is 22.6 Å². The second kappa shape index (κ2) is 9.18. The van der Waals surface area contributed by atoms with Gasteiger partial charge in [0.2, 0.25) is 0 Å². The van der Waals surface area contributed by atoms with E-state index in [0.717, 1.165) is 24.3 Å². The number of allylic oxidation sites excluding steroid dienone is 1. The molecule has 0 heterocycles. The smallest absolute Gasteiger partial charge is 0.126 e. The molecule has 5 aromatic rings. The van der Waals surface area contributed by atoms with Gasteiger partial charge in [-0.3, -0.25) is 0 Å². The van der Waals surface area contributed by atoms with E-state index in [-0.39, 0.29) is 0 Å². The van der Waals surface area contributed by atoms with E-state index in [1.807, 2.05) is 24.3 Å². The van der Waals surface area contributed by atoms with Gasteiger partial charge in [-0.15, -0.1) is 0 Å². The van der Waals surface area contributed by atoms with Gasteiger partial charge in [0.1, 0.15) is 11.5 Å². The van der Waals surface area contributed by atoms with Gasteiger partial charge < -0.3 is 9.47 Å². The lowest BCUT2D eigenvalue weighted by Gasteiger charge is -2.37. The van der Waals surface area contributed by atoms with Crippen molar-refractivity contribution in [1.29, 1.82) is 0 Å². The Bertz CT molecular complexity index is 1720. The summed E-state index contributed by atoms with van der Waals surface area (Å²) in [6, 6.07) is 35.0. The molecule has 0 bridgehead atoms. The largest absolute Gasteiger partial charge is 0.466 e. The van der Waals surface area contributed by atoms with Gasteiger partial charge in [0.15, 0.2) is 0 Å². The molecule has 2 nitrogen and oxygen atoms in total. The maximum absolute atomic E-state index is 5.63. The third-order valence-corrected chi connectivity index (χ3v) is 8.19. The highest BCUT2D eigenvalue weighted by Crippen LogP contribution is 2.60. The van der Waals surface area contributed by atoms with E-state index in [1.165, 1.54) is 67.8 Å². The normalized spacial score (nSPS) is 14.3. The molecular formula is C37H28O2. The lowest BCUT2D eigenvalue weighted by Crippen LogP contribution is -2.30. The molecule has 2 aliphatic carbocycles. The first-order valence-corrected chi connectivity index (χ1v) is 13.4. The third-order valence-electron chi connectivity index (χ3n) is 8.19. The second-order valence-corrected chi connectivity index (χ2v) is 10.1. The quantitative estimate of drug-likeness (QED) is 0.211. The van der Waals surface area contributed by atoms with Crippen LogP contribution in [0.3, 0.4) is 0 Å². The van der Waals surface area contributed by atoms with Crippen molar-refractivity contribution < 1.29 is 9.47 Å². The topological polar surface area (TPSA) is 18.5 Å². The standard InChI is InChI=1S/C37H28O2/c1-3-38-29-19-15-27(16-20-29)37(28-17-21-30(22-18-28)39-4-2)35-31-11-7-5-9-25(31)13-23-33(35)34-24-14-26-10-6-8-12-32(26)36(34)37/h3-7,9-11,13-24H,1-2,8,12H2. The van der Waals surface area contributed by atoms with Crippen LogP contribution in [0.15, 0.2) is 129 Å². The van der Waals surface area contributed by atoms with Crippen molar-refractivity contribution in [2.45, 2.75) is 18.3 Å². The van der Waals surface area contributed by atoms with Crippen molar-refractivity contribution >= 4 is 16.8 Å². The second-order valence-electron chi connectivity index (χ2n) is 10.1. The van der Waals surface area contributed by atoms with Crippen molar-refractivity contribution in [3.63, 3.8) is 0 Å². The van der Waals surface area contributed by atoms with Crippen LogP contribution in [-0.2, 0) is 11.8 Å². The molecule has 0 unspecified atom stereocenters. The summed E-state index contributed by atoms with van der Waals surface area (Å²) >= 11 is 0. The van der Waals surface area contributed by atoms with Gasteiger partial charge in [0.25, 0.3) is 0 Å². The lowest BCUT2D eigenvalue weighted by atomic mass is 9.64. The summed E-state index contributed by atoms with van der Waals surface area (Å²) in [6.07, 6.45) is 9.57. The fourth-order valence-electron chi connectivity index (χ4n) is 6.71. The molecule has 0 atom stereocenters. The molecule has 0 radical (unpaired) electrons. The van der Waals surface area contributed by atoms with Crippen molar-refractivity contribution in [2.24, 2.45) is 0 Å². The molecule has 5 aromatic carbocycles. The van der Waals surface area contributed by atoms with E-state index < -0.39 is 5.41 Å². The van der Waals surface area contributed by atoms with Crippen molar-refractivity contribution in [2.75, 3.05) is 0 Å². The van der Waals surface area contributed by atoms with Crippen LogP contribution < -0.4 is 9.47 Å². The van der Waals surface area contributed by atoms with Gasteiger partial charge in [-0.05, 0) is 92.4 Å². The van der Waals surface area contributed by atoms with E-state index in [0.29, 0.717) is 0 Å². The van der Waals surface area contributed by atoms with E-state index >= 15 is 0 Å². The van der Waals surface area contributed by atoms with Gasteiger partial charge in [0, 0.05) is 0 Å². The Kier molecular flexibility index (Phi) is 5.49. The van der Waals surface area contributed by atoms with Gasteiger partial charge in [-0.2, -0.15) is 0 Å². The summed E-state index contributed by atoms with van der Waals surface area (Å²) in [5.41, 5.74) is 9.92. The number of rotatable bonds is 6. The molecule has 0 aromatic heterocycles. The Labute approximate surface area is 229 Å². The molecule has 0 aliphatic heterocycles. The van der Waals surface area contributed by atoms with Gasteiger partial charge in [0.05, 0.1) is 17.9 Å². The van der Waals surface area contributed by atoms with E-state index in [2.05, 4.69) is 98.1 Å². The third kappa shape index (κ3) is 3.42. The molecule has 0 saturated heterocycles. The summed E-state index contributed by atoms with van der Waals surface area (Å²) < 4.78 is 11.3. The molecule has 0 spiro atoms. The Balaban J connectivity index is 1.66. The number of ether oxygens (including phenoxy) is 2. The maximum atomic E-state index is 5.63. The fourth-order valence-corrected chi connectivity index (χ4v) is 6.71. The highest BCUT2D eigenvalue weighted by molar-refractivity contribution is 6.01. The maximum Gasteiger partial charge on any atom is 0.126 e. The molecule has 0 saturated carbocycles. The predicted octanol–water partition coefficient (Wildman–Crippen LogP) is 9.21. The number of fused-ring (bicyclic) bond motifs is 7. The van der Waals surface area contributed by atoms with Gasteiger partial charge in [-0.1, -0.05) is 98.1 Å². The van der Waals surface area contributed by atoms with Crippen LogP contribution in [0.2, 0.25) is 0 Å². The Hall–Kier alpha value is -4.82. The highest BCUT2D eigenvalue weighted by atomic mass is 16.5. The molecular weight excluding hydrogens is 476 g/mol. The van der Waals surface area contributed by atoms with Crippen LogP contribution in [-0.4, -0.2) is 0 Å². The Morgan fingerprint density at radius 3 is 1.92 bits per heavy atom. The SMILES string of the molecule is C=COc1ccc(C2(c3ccc(OC=C)cc3)c3c(ccc4c3CCC=C4)-c3ccc4ccccc4c32)cc1. The van der Waals surface area contributed by atoms with Crippen LogP contribution in [0.5, 0.6) is 11.5 Å². The Morgan fingerprint density at radius 1 is 0.641 bits per heavy atom. The van der Waals surface area contributed by atoms with Gasteiger partial charge in [-0.25, -0.2) is 0 Å². The minimum absolute atomic E-state index is 0.526. The van der Waals surface area contributed by atoms with Crippen molar-refractivity contribution in [3.05, 3.63) is 162 Å². The molecule has 188 valence electrons. The van der Waals surface area contributed by atoms with E-state index in [4.69, 9.17) is 9.47 Å². The zero-order valence-electron chi connectivity index (χ0n) is 21.7. The fraction of sp³-hybridized carbons (Fsp3) is 0.0811. The summed E-state index contributed by atoms with van der Waals surface area (Å²) in [5, 5.41) is 2.50. The zero-order chi connectivity index (χ0) is 26.4. The van der Waals surface area contributed by atoms with Crippen LogP contribution in [0.4, 0.5) is 0 Å². The molecule has 39 heavy (non-hydrogen) atoms. The molecule has 0 amide bonds. The average Bonchev–Trinajstić information content (AvgIpc) is 3.30. The molecule has 0 fully saturated rings. The number of hydrogen-bond acceptors (Lipinski definition) is 2. The summed E-state index contributed by atoms with van der Waals surface area (Å²) in [6.45, 7) is 7.47. The molecule has 2 aliphatic rings. The van der Waals surface area contributed by atoms with E-state index in [1.54, 1.807) is 0 Å².